The van der Waals surface area contributed by atoms with E-state index in [1.54, 1.807) is 0 Å². The van der Waals surface area contributed by atoms with E-state index in [9.17, 15) is 5.11 Å². The zero-order valence-corrected chi connectivity index (χ0v) is 18.6. The minimum absolute atomic E-state index is 0.280. The smallest absolute Gasteiger partial charge is 0.117 e. The largest absolute Gasteiger partial charge is 0.381 e. The maximum Gasteiger partial charge on any atom is 0.117 e. The quantitative estimate of drug-likeness (QED) is 0.670. The van der Waals surface area contributed by atoms with E-state index in [0.29, 0.717) is 28.3 Å². The molecule has 0 heterocycles. The van der Waals surface area contributed by atoms with Gasteiger partial charge < -0.3 is 9.84 Å². The van der Waals surface area contributed by atoms with E-state index >= 15 is 0 Å². The fourth-order valence-corrected chi connectivity index (χ4v) is 9.98. The highest BCUT2D eigenvalue weighted by Gasteiger charge is 2.77. The Kier molecular flexibility index (Phi) is 4.33. The van der Waals surface area contributed by atoms with E-state index in [1.807, 2.05) is 14.0 Å². The van der Waals surface area contributed by atoms with Gasteiger partial charge in [0, 0.05) is 12.5 Å². The minimum Gasteiger partial charge on any atom is -0.381 e. The van der Waals surface area contributed by atoms with Gasteiger partial charge in [0.25, 0.3) is 0 Å². The molecule has 0 aliphatic heterocycles. The molecular weight excluding hydrogens is 344 g/mol. The second kappa shape index (κ2) is 6.24. The standard InChI is InChI=1S/C26H40O2/c1-6-7-22(27)16(2)19-8-9-20-18-14-23(28-5)26-15-17(26)10-13-25(26,4)21(18)11-12-24(19,20)3/h16-23,27H,8-15H2,1-5H3/t16-,17+,18-,19+,20-,21-,22+,23+,24+,25+,26-/m0/s1. The normalized spacial score (nSPS) is 55.8. The molecule has 5 aliphatic rings. The molecule has 0 unspecified atom stereocenters. The van der Waals surface area contributed by atoms with Crippen molar-refractivity contribution in [3.63, 3.8) is 0 Å². The van der Waals surface area contributed by atoms with E-state index in [4.69, 9.17) is 4.74 Å². The van der Waals surface area contributed by atoms with E-state index in [2.05, 4.69) is 32.6 Å². The van der Waals surface area contributed by atoms with Crippen molar-refractivity contribution in [1.29, 1.82) is 0 Å². The van der Waals surface area contributed by atoms with Gasteiger partial charge in [-0.1, -0.05) is 26.7 Å². The monoisotopic (exact) mass is 384 g/mol. The SMILES string of the molecule is CC#C[C@@H](O)[C@@H](C)[C@H]1CC[C@H]2[C@@H]3C[C@@H](OC)[C@]45C[C@H]4CC[C@]5(C)[C@H]3CC[C@]12C. The van der Waals surface area contributed by atoms with Crippen LogP contribution in [0.15, 0.2) is 0 Å². The van der Waals surface area contributed by atoms with Gasteiger partial charge in [0.1, 0.15) is 6.10 Å². The van der Waals surface area contributed by atoms with Crippen molar-refractivity contribution < 1.29 is 9.84 Å². The molecule has 28 heavy (non-hydrogen) atoms. The summed E-state index contributed by atoms with van der Waals surface area (Å²) >= 11 is 0. The molecule has 5 fully saturated rings. The highest BCUT2D eigenvalue weighted by atomic mass is 16.5. The molecule has 5 rings (SSSR count). The van der Waals surface area contributed by atoms with Crippen LogP contribution in [0.5, 0.6) is 0 Å². The number of methoxy groups -OCH3 is 1. The van der Waals surface area contributed by atoms with Crippen molar-refractivity contribution in [3.05, 3.63) is 0 Å². The van der Waals surface area contributed by atoms with Crippen LogP contribution in [0, 0.1) is 63.6 Å². The van der Waals surface area contributed by atoms with Gasteiger partial charge in [-0.2, -0.15) is 0 Å². The van der Waals surface area contributed by atoms with Crippen LogP contribution < -0.4 is 0 Å². The third-order valence-corrected chi connectivity index (χ3v) is 11.3. The molecule has 2 nitrogen and oxygen atoms in total. The number of hydrogen-bond acceptors (Lipinski definition) is 2. The molecule has 11 atom stereocenters. The van der Waals surface area contributed by atoms with Gasteiger partial charge in [-0.05, 0) is 105 Å². The van der Waals surface area contributed by atoms with E-state index < -0.39 is 6.10 Å². The maximum absolute atomic E-state index is 10.6. The van der Waals surface area contributed by atoms with Gasteiger partial charge in [0.15, 0.2) is 0 Å². The summed E-state index contributed by atoms with van der Waals surface area (Å²) in [5, 5.41) is 10.6. The molecule has 1 N–H and O–H groups in total. The van der Waals surface area contributed by atoms with Gasteiger partial charge >= 0.3 is 0 Å². The Morgan fingerprint density at radius 3 is 2.54 bits per heavy atom. The third-order valence-electron chi connectivity index (χ3n) is 11.3. The topological polar surface area (TPSA) is 29.5 Å². The number of aliphatic hydroxyl groups is 1. The molecule has 0 amide bonds. The lowest BCUT2D eigenvalue weighted by Gasteiger charge is -2.61. The summed E-state index contributed by atoms with van der Waals surface area (Å²) in [6.45, 7) is 9.31. The van der Waals surface area contributed by atoms with Gasteiger partial charge in [-0.15, -0.1) is 5.92 Å². The first kappa shape index (κ1) is 19.4. The molecule has 0 aromatic rings. The molecule has 0 aromatic heterocycles. The lowest BCUT2D eigenvalue weighted by molar-refractivity contribution is -0.162. The molecule has 156 valence electrons. The Hall–Kier alpha value is -0.520. The zero-order valence-electron chi connectivity index (χ0n) is 18.6. The first-order valence-electron chi connectivity index (χ1n) is 12.0. The van der Waals surface area contributed by atoms with Crippen molar-refractivity contribution >= 4 is 0 Å². The predicted octanol–water partition coefficient (Wildman–Crippen LogP) is 5.29. The minimum atomic E-state index is -0.468. The number of aliphatic hydroxyl groups excluding tert-OH is 1. The summed E-state index contributed by atoms with van der Waals surface area (Å²) in [7, 11) is 1.98. The first-order valence-corrected chi connectivity index (χ1v) is 12.0. The maximum atomic E-state index is 10.6. The summed E-state index contributed by atoms with van der Waals surface area (Å²) in [6.07, 6.45) is 11.0. The molecular formula is C26H40O2. The van der Waals surface area contributed by atoms with Crippen LogP contribution in [0.2, 0.25) is 0 Å². The summed E-state index contributed by atoms with van der Waals surface area (Å²) in [5.74, 6) is 10.4. The van der Waals surface area contributed by atoms with Crippen LogP contribution in [0.3, 0.4) is 0 Å². The number of rotatable bonds is 3. The molecule has 0 bridgehead atoms. The van der Waals surface area contributed by atoms with Gasteiger partial charge in [0.2, 0.25) is 0 Å². The van der Waals surface area contributed by atoms with Crippen molar-refractivity contribution in [2.75, 3.05) is 7.11 Å². The predicted molar refractivity (Wildman–Crippen MR) is 112 cm³/mol. The summed E-state index contributed by atoms with van der Waals surface area (Å²) in [5.41, 5.74) is 1.41. The number of hydrogen-bond donors (Lipinski definition) is 1. The fourth-order valence-electron chi connectivity index (χ4n) is 9.98. The van der Waals surface area contributed by atoms with Crippen LogP contribution in [0.25, 0.3) is 0 Å². The molecule has 1 spiro atoms. The average molecular weight is 385 g/mol. The highest BCUT2D eigenvalue weighted by molar-refractivity contribution is 5.26. The Balaban J connectivity index is 1.45. The molecule has 5 saturated carbocycles. The van der Waals surface area contributed by atoms with Crippen LogP contribution in [-0.4, -0.2) is 24.4 Å². The van der Waals surface area contributed by atoms with E-state index in [1.165, 1.54) is 51.4 Å². The highest BCUT2D eigenvalue weighted by Crippen LogP contribution is 2.82. The average Bonchev–Trinajstić information content (AvgIpc) is 3.18. The van der Waals surface area contributed by atoms with Gasteiger partial charge in [-0.25, -0.2) is 0 Å². The van der Waals surface area contributed by atoms with Crippen molar-refractivity contribution in [2.24, 2.45) is 51.8 Å². The molecule has 5 aliphatic carbocycles. The fraction of sp³-hybridized carbons (Fsp3) is 0.923. The molecule has 0 aromatic carbocycles. The summed E-state index contributed by atoms with van der Waals surface area (Å²) < 4.78 is 6.23. The molecule has 0 saturated heterocycles. The van der Waals surface area contributed by atoms with Gasteiger partial charge in [0.05, 0.1) is 6.10 Å². The lowest BCUT2D eigenvalue weighted by atomic mass is 9.45. The summed E-state index contributed by atoms with van der Waals surface area (Å²) in [6, 6.07) is 0. The van der Waals surface area contributed by atoms with Crippen LogP contribution in [0.4, 0.5) is 0 Å². The number of fused-ring (bicyclic) bond motifs is 4. The lowest BCUT2D eigenvalue weighted by Crippen LogP contribution is -2.57. The Morgan fingerprint density at radius 2 is 1.86 bits per heavy atom. The second-order valence-electron chi connectivity index (χ2n) is 11.7. The third kappa shape index (κ3) is 2.19. The van der Waals surface area contributed by atoms with E-state index in [-0.39, 0.29) is 5.92 Å². The Morgan fingerprint density at radius 1 is 1.07 bits per heavy atom. The van der Waals surface area contributed by atoms with Crippen molar-refractivity contribution in [2.45, 2.75) is 91.3 Å². The number of ether oxygens (including phenoxy) is 1. The van der Waals surface area contributed by atoms with E-state index in [0.717, 1.165) is 23.7 Å². The van der Waals surface area contributed by atoms with Crippen molar-refractivity contribution in [1.82, 2.24) is 0 Å². The zero-order chi connectivity index (χ0) is 19.9. The Bertz CT molecular complexity index is 705. The second-order valence-corrected chi connectivity index (χ2v) is 11.7. The van der Waals surface area contributed by atoms with Crippen LogP contribution in [-0.2, 0) is 4.74 Å². The first-order chi connectivity index (χ1) is 13.3. The Labute approximate surface area is 172 Å². The van der Waals surface area contributed by atoms with Crippen molar-refractivity contribution in [3.8, 4) is 11.8 Å². The van der Waals surface area contributed by atoms with Crippen LogP contribution >= 0.6 is 0 Å². The molecule has 0 radical (unpaired) electrons. The van der Waals surface area contributed by atoms with Crippen LogP contribution in [0.1, 0.15) is 79.1 Å². The summed E-state index contributed by atoms with van der Waals surface area (Å²) in [4.78, 5) is 0. The van der Waals surface area contributed by atoms with Gasteiger partial charge in [-0.3, -0.25) is 0 Å². The molecule has 2 heteroatoms.